The number of amides is 3. The van der Waals surface area contributed by atoms with Gasteiger partial charge in [0.25, 0.3) is 17.7 Å². The molecular weight excluding hydrogens is 538 g/mol. The first-order valence-electron chi connectivity index (χ1n) is 10.8. The Morgan fingerprint density at radius 1 is 0.971 bits per heavy atom. The third-order valence-electron chi connectivity index (χ3n) is 5.56. The lowest BCUT2D eigenvalue weighted by Crippen LogP contribution is -2.46. The van der Waals surface area contributed by atoms with Crippen LogP contribution in [0.25, 0.3) is 0 Å². The Bertz CT molecular complexity index is 1180. The van der Waals surface area contributed by atoms with Crippen LogP contribution in [-0.2, 0) is 14.3 Å². The average molecular weight is 560 g/mol. The number of anilines is 1. The van der Waals surface area contributed by atoms with Gasteiger partial charge in [-0.1, -0.05) is 78.3 Å². The first-order chi connectivity index (χ1) is 16.5. The summed E-state index contributed by atoms with van der Waals surface area (Å²) in [4.78, 5) is 52.5. The number of rotatable bonds is 8. The number of halogens is 4. The number of unbranched alkanes of at least 4 members (excludes halogenated alkanes) is 1. The SMILES string of the molecule is CCCC[C@H](C(=O)OCC(=O)Nc1cc(C)ccc1C)N1C(=O)c2c(Cl)c(Cl)c(Cl)c(Cl)c2C1=O. The Labute approximate surface area is 222 Å². The Morgan fingerprint density at radius 2 is 1.54 bits per heavy atom. The number of carbonyl (C=O) groups excluding carboxylic acids is 4. The highest BCUT2D eigenvalue weighted by atomic mass is 35.5. The van der Waals surface area contributed by atoms with Gasteiger partial charge in [-0.3, -0.25) is 19.3 Å². The quantitative estimate of drug-likeness (QED) is 0.178. The molecule has 3 amide bonds. The molecule has 11 heteroatoms. The van der Waals surface area contributed by atoms with E-state index in [0.29, 0.717) is 18.5 Å². The van der Waals surface area contributed by atoms with Crippen LogP contribution in [0.1, 0.15) is 58.0 Å². The van der Waals surface area contributed by atoms with Crippen molar-refractivity contribution < 1.29 is 23.9 Å². The van der Waals surface area contributed by atoms with Crippen molar-refractivity contribution in [2.75, 3.05) is 11.9 Å². The Morgan fingerprint density at radius 3 is 2.09 bits per heavy atom. The summed E-state index contributed by atoms with van der Waals surface area (Å²) in [5.41, 5.74) is 1.93. The fourth-order valence-corrected chi connectivity index (χ4v) is 4.70. The van der Waals surface area contributed by atoms with Gasteiger partial charge in [-0.15, -0.1) is 0 Å². The summed E-state index contributed by atoms with van der Waals surface area (Å²) < 4.78 is 5.21. The molecule has 0 aromatic heterocycles. The van der Waals surface area contributed by atoms with Gasteiger partial charge in [0, 0.05) is 5.69 Å². The number of aryl methyl sites for hydroxylation is 2. The molecule has 0 radical (unpaired) electrons. The third kappa shape index (κ3) is 5.43. The van der Waals surface area contributed by atoms with Gasteiger partial charge in [-0.25, -0.2) is 4.79 Å². The molecule has 35 heavy (non-hydrogen) atoms. The molecule has 2 aromatic carbocycles. The normalized spacial score (nSPS) is 13.6. The number of nitrogens with one attached hydrogen (secondary N) is 1. The highest BCUT2D eigenvalue weighted by Gasteiger charge is 2.47. The summed E-state index contributed by atoms with van der Waals surface area (Å²) in [6.45, 7) is 5.00. The zero-order valence-corrected chi connectivity index (χ0v) is 22.2. The molecule has 7 nitrogen and oxygen atoms in total. The minimum Gasteiger partial charge on any atom is -0.454 e. The van der Waals surface area contributed by atoms with Crippen molar-refractivity contribution in [1.29, 1.82) is 0 Å². The van der Waals surface area contributed by atoms with Crippen LogP contribution in [0.4, 0.5) is 5.69 Å². The summed E-state index contributed by atoms with van der Waals surface area (Å²) in [6.07, 6.45) is 1.31. The molecule has 0 saturated carbocycles. The van der Waals surface area contributed by atoms with Crippen LogP contribution in [0.5, 0.6) is 0 Å². The monoisotopic (exact) mass is 558 g/mol. The van der Waals surface area contributed by atoms with Crippen LogP contribution in [0, 0.1) is 13.8 Å². The lowest BCUT2D eigenvalue weighted by molar-refractivity contribution is -0.151. The van der Waals surface area contributed by atoms with E-state index in [2.05, 4.69) is 5.32 Å². The van der Waals surface area contributed by atoms with E-state index in [1.54, 1.807) is 6.07 Å². The van der Waals surface area contributed by atoms with Crippen molar-refractivity contribution in [3.8, 4) is 0 Å². The molecule has 1 N–H and O–H groups in total. The predicted molar refractivity (Wildman–Crippen MR) is 136 cm³/mol. The fourth-order valence-electron chi connectivity index (χ4n) is 3.69. The molecule has 1 aliphatic rings. The number of hydrogen-bond donors (Lipinski definition) is 1. The number of fused-ring (bicyclic) bond motifs is 1. The number of ether oxygens (including phenoxy) is 1. The van der Waals surface area contributed by atoms with Crippen molar-refractivity contribution in [1.82, 2.24) is 4.90 Å². The summed E-state index contributed by atoms with van der Waals surface area (Å²) in [7, 11) is 0. The van der Waals surface area contributed by atoms with E-state index in [4.69, 9.17) is 51.1 Å². The molecule has 0 aliphatic carbocycles. The maximum absolute atomic E-state index is 13.2. The van der Waals surface area contributed by atoms with Crippen LogP contribution in [0.15, 0.2) is 18.2 Å². The van der Waals surface area contributed by atoms with Gasteiger partial charge in [0.2, 0.25) is 0 Å². The van der Waals surface area contributed by atoms with E-state index in [-0.39, 0.29) is 37.6 Å². The van der Waals surface area contributed by atoms with Gasteiger partial charge >= 0.3 is 5.97 Å². The van der Waals surface area contributed by atoms with E-state index in [1.165, 1.54) is 0 Å². The largest absolute Gasteiger partial charge is 0.454 e. The molecule has 0 unspecified atom stereocenters. The molecule has 1 aliphatic heterocycles. The topological polar surface area (TPSA) is 92.8 Å². The number of carbonyl (C=O) groups is 4. The molecule has 0 spiro atoms. The van der Waals surface area contributed by atoms with Crippen molar-refractivity contribution in [3.05, 3.63) is 60.5 Å². The van der Waals surface area contributed by atoms with Crippen LogP contribution in [-0.4, -0.2) is 41.2 Å². The Hall–Kier alpha value is -2.32. The van der Waals surface area contributed by atoms with Gasteiger partial charge in [0.05, 0.1) is 31.2 Å². The maximum atomic E-state index is 13.2. The molecule has 1 atom stereocenters. The van der Waals surface area contributed by atoms with Crippen molar-refractivity contribution in [3.63, 3.8) is 0 Å². The summed E-state index contributed by atoms with van der Waals surface area (Å²) in [6, 6.07) is 4.27. The van der Waals surface area contributed by atoms with Gasteiger partial charge in [0.1, 0.15) is 6.04 Å². The smallest absolute Gasteiger partial charge is 0.329 e. The van der Waals surface area contributed by atoms with Crippen LogP contribution >= 0.6 is 46.4 Å². The molecule has 3 rings (SSSR count). The first kappa shape index (κ1) is 27.3. The van der Waals surface area contributed by atoms with Crippen LogP contribution < -0.4 is 5.32 Å². The second kappa shape index (κ2) is 11.2. The van der Waals surface area contributed by atoms with Crippen molar-refractivity contribution in [2.45, 2.75) is 46.1 Å². The zero-order valence-electron chi connectivity index (χ0n) is 19.1. The number of imide groups is 1. The van der Waals surface area contributed by atoms with Gasteiger partial charge in [0.15, 0.2) is 6.61 Å². The van der Waals surface area contributed by atoms with Crippen LogP contribution in [0.3, 0.4) is 0 Å². The van der Waals surface area contributed by atoms with E-state index >= 15 is 0 Å². The Balaban J connectivity index is 1.81. The number of nitrogens with zero attached hydrogens (tertiary/aromatic N) is 1. The second-order valence-corrected chi connectivity index (χ2v) is 9.63. The molecule has 0 bridgehead atoms. The van der Waals surface area contributed by atoms with E-state index < -0.39 is 36.3 Å². The minimum atomic E-state index is -1.29. The van der Waals surface area contributed by atoms with Crippen molar-refractivity contribution >= 4 is 75.8 Å². The van der Waals surface area contributed by atoms with E-state index in [1.807, 2.05) is 32.9 Å². The standard InChI is InChI=1S/C24H22Cl4N2O5/c1-4-5-6-14(24(34)35-10-15(31)29-13-9-11(2)7-8-12(13)3)30-22(32)16-17(23(30)33)19(26)21(28)20(27)18(16)25/h7-9,14H,4-6,10H2,1-3H3,(H,29,31)/t14-/m1/s1. The molecule has 1 heterocycles. The lowest BCUT2D eigenvalue weighted by atomic mass is 10.1. The number of esters is 1. The number of hydrogen-bond acceptors (Lipinski definition) is 5. The van der Waals surface area contributed by atoms with Crippen LogP contribution in [0.2, 0.25) is 20.1 Å². The van der Waals surface area contributed by atoms with Gasteiger partial charge < -0.3 is 10.1 Å². The summed E-state index contributed by atoms with van der Waals surface area (Å²) >= 11 is 24.5. The van der Waals surface area contributed by atoms with Gasteiger partial charge in [-0.05, 0) is 37.5 Å². The second-order valence-electron chi connectivity index (χ2n) is 8.12. The molecule has 186 valence electrons. The molecule has 0 saturated heterocycles. The molecule has 2 aromatic rings. The summed E-state index contributed by atoms with van der Waals surface area (Å²) in [5, 5.41) is 1.89. The molecular formula is C24H22Cl4N2O5. The van der Waals surface area contributed by atoms with E-state index in [0.717, 1.165) is 16.0 Å². The highest BCUT2D eigenvalue weighted by Crippen LogP contribution is 2.45. The van der Waals surface area contributed by atoms with Crippen molar-refractivity contribution in [2.24, 2.45) is 0 Å². The highest BCUT2D eigenvalue weighted by molar-refractivity contribution is 6.55. The van der Waals surface area contributed by atoms with E-state index in [9.17, 15) is 19.2 Å². The lowest BCUT2D eigenvalue weighted by Gasteiger charge is -2.24. The minimum absolute atomic E-state index is 0.121. The third-order valence-corrected chi connectivity index (χ3v) is 7.36. The number of benzene rings is 2. The average Bonchev–Trinajstić information content (AvgIpc) is 3.08. The predicted octanol–water partition coefficient (Wildman–Crippen LogP) is 6.25. The first-order valence-corrected chi connectivity index (χ1v) is 12.3. The van der Waals surface area contributed by atoms with Gasteiger partial charge in [-0.2, -0.15) is 0 Å². The molecule has 0 fully saturated rings. The fraction of sp³-hybridized carbons (Fsp3) is 0.333. The summed E-state index contributed by atoms with van der Waals surface area (Å²) in [5.74, 6) is -3.15. The Kier molecular flexibility index (Phi) is 8.70. The zero-order chi connectivity index (χ0) is 26.0. The maximum Gasteiger partial charge on any atom is 0.329 e.